The summed E-state index contributed by atoms with van der Waals surface area (Å²) in [6.45, 7) is 0.212. The Morgan fingerprint density at radius 1 is 1.22 bits per heavy atom. The van der Waals surface area contributed by atoms with Crippen LogP contribution in [0.3, 0.4) is 0 Å². The number of carbonyl (C=O) groups is 2. The van der Waals surface area contributed by atoms with Crippen LogP contribution in [-0.4, -0.2) is 12.2 Å². The van der Waals surface area contributed by atoms with Crippen LogP contribution < -0.4 is 10.5 Å². The predicted octanol–water partition coefficient (Wildman–Crippen LogP) is 1.77. The van der Waals surface area contributed by atoms with Gasteiger partial charge in [-0.3, -0.25) is 9.59 Å². The number of ether oxygens (including phenoxy) is 1. The van der Waals surface area contributed by atoms with Crippen LogP contribution in [-0.2, 0) is 6.61 Å². The van der Waals surface area contributed by atoms with Gasteiger partial charge in [0.05, 0.1) is 0 Å². The van der Waals surface area contributed by atoms with Crippen LogP contribution in [0.1, 0.15) is 26.7 Å². The van der Waals surface area contributed by atoms with Crippen molar-refractivity contribution in [1.29, 1.82) is 0 Å². The Kier molecular flexibility index (Phi) is 3.43. The van der Waals surface area contributed by atoms with Gasteiger partial charge in [0.1, 0.15) is 18.1 Å². The zero-order chi connectivity index (χ0) is 13.0. The van der Waals surface area contributed by atoms with E-state index in [0.717, 1.165) is 0 Å². The molecule has 1 amide bonds. The lowest BCUT2D eigenvalue weighted by Crippen LogP contribution is -2.10. The molecule has 18 heavy (non-hydrogen) atoms. The monoisotopic (exact) mass is 245 g/mol. The van der Waals surface area contributed by atoms with Crippen LogP contribution in [0.5, 0.6) is 5.75 Å². The van der Waals surface area contributed by atoms with Crippen molar-refractivity contribution < 1.29 is 18.7 Å². The molecule has 0 unspecified atom stereocenters. The van der Waals surface area contributed by atoms with Gasteiger partial charge in [-0.1, -0.05) is 0 Å². The van der Waals surface area contributed by atoms with Crippen molar-refractivity contribution in [3.05, 3.63) is 53.5 Å². The fourth-order valence-electron chi connectivity index (χ4n) is 1.41. The van der Waals surface area contributed by atoms with Crippen molar-refractivity contribution in [2.45, 2.75) is 6.61 Å². The Balaban J connectivity index is 1.97. The highest BCUT2D eigenvalue weighted by atomic mass is 16.5. The van der Waals surface area contributed by atoms with Gasteiger partial charge < -0.3 is 14.9 Å². The third kappa shape index (κ3) is 2.76. The summed E-state index contributed by atoms with van der Waals surface area (Å²) >= 11 is 0. The molecule has 0 atom stereocenters. The van der Waals surface area contributed by atoms with Crippen LogP contribution in [0.25, 0.3) is 0 Å². The molecule has 0 fully saturated rings. The molecule has 1 aromatic heterocycles. The van der Waals surface area contributed by atoms with Crippen LogP contribution in [0.15, 0.2) is 40.8 Å². The maximum Gasteiger partial charge on any atom is 0.248 e. The lowest BCUT2D eigenvalue weighted by atomic mass is 10.2. The van der Waals surface area contributed by atoms with Crippen molar-refractivity contribution >= 4 is 12.2 Å². The van der Waals surface area contributed by atoms with Crippen LogP contribution in [0.4, 0.5) is 0 Å². The third-order valence-corrected chi connectivity index (χ3v) is 2.32. The van der Waals surface area contributed by atoms with Crippen molar-refractivity contribution in [2.75, 3.05) is 0 Å². The molecular weight excluding hydrogens is 234 g/mol. The SMILES string of the molecule is NC(=O)c1ccc(OCc2ccc(C=O)o2)cc1. The maximum absolute atomic E-state index is 10.9. The molecule has 5 heteroatoms. The topological polar surface area (TPSA) is 82.5 Å². The first-order valence-corrected chi connectivity index (χ1v) is 5.25. The summed E-state index contributed by atoms with van der Waals surface area (Å²) in [5, 5.41) is 0. The standard InChI is InChI=1S/C13H11NO4/c14-13(16)9-1-3-10(4-2-9)17-8-12-6-5-11(7-15)18-12/h1-7H,8H2,(H2,14,16). The van der Waals surface area contributed by atoms with Gasteiger partial charge in [-0.2, -0.15) is 0 Å². The van der Waals surface area contributed by atoms with Gasteiger partial charge in [0.25, 0.3) is 0 Å². The van der Waals surface area contributed by atoms with Gasteiger partial charge in [0, 0.05) is 5.56 Å². The van der Waals surface area contributed by atoms with Crippen molar-refractivity contribution in [3.8, 4) is 5.75 Å². The van der Waals surface area contributed by atoms with E-state index in [-0.39, 0.29) is 12.4 Å². The van der Waals surface area contributed by atoms with E-state index in [1.807, 2.05) is 0 Å². The summed E-state index contributed by atoms with van der Waals surface area (Å²) in [5.41, 5.74) is 5.54. The first-order valence-electron chi connectivity index (χ1n) is 5.25. The van der Waals surface area contributed by atoms with Gasteiger partial charge in [-0.25, -0.2) is 0 Å². The fraction of sp³-hybridized carbons (Fsp3) is 0.0769. The Morgan fingerprint density at radius 2 is 1.94 bits per heavy atom. The zero-order valence-corrected chi connectivity index (χ0v) is 9.46. The molecule has 0 saturated carbocycles. The summed E-state index contributed by atoms with van der Waals surface area (Å²) < 4.78 is 10.6. The number of carbonyl (C=O) groups excluding carboxylic acids is 2. The van der Waals surface area contributed by atoms with Gasteiger partial charge in [0.15, 0.2) is 12.0 Å². The highest BCUT2D eigenvalue weighted by molar-refractivity contribution is 5.92. The first kappa shape index (κ1) is 11.9. The van der Waals surface area contributed by atoms with Crippen molar-refractivity contribution in [3.63, 3.8) is 0 Å². The summed E-state index contributed by atoms with van der Waals surface area (Å²) in [6, 6.07) is 9.68. The molecule has 0 aliphatic carbocycles. The molecule has 1 heterocycles. The van der Waals surface area contributed by atoms with E-state index in [0.29, 0.717) is 23.4 Å². The molecule has 0 bridgehead atoms. The predicted molar refractivity (Wildman–Crippen MR) is 63.4 cm³/mol. The second-order valence-electron chi connectivity index (χ2n) is 3.60. The van der Waals surface area contributed by atoms with Crippen molar-refractivity contribution in [2.24, 2.45) is 5.73 Å². The number of hydrogen-bond donors (Lipinski definition) is 1. The molecule has 92 valence electrons. The highest BCUT2D eigenvalue weighted by Gasteiger charge is 2.03. The number of nitrogens with two attached hydrogens (primary N) is 1. The van der Waals surface area contributed by atoms with Crippen LogP contribution in [0.2, 0.25) is 0 Å². The molecule has 1 aromatic carbocycles. The van der Waals surface area contributed by atoms with Gasteiger partial charge >= 0.3 is 0 Å². The normalized spacial score (nSPS) is 10.0. The highest BCUT2D eigenvalue weighted by Crippen LogP contribution is 2.15. The number of hydrogen-bond acceptors (Lipinski definition) is 4. The van der Waals surface area contributed by atoms with Crippen molar-refractivity contribution in [1.82, 2.24) is 0 Å². The van der Waals surface area contributed by atoms with E-state index in [1.54, 1.807) is 36.4 Å². The van der Waals surface area contributed by atoms with E-state index < -0.39 is 5.91 Å². The minimum Gasteiger partial charge on any atom is -0.486 e. The summed E-state index contributed by atoms with van der Waals surface area (Å²) in [7, 11) is 0. The quantitative estimate of drug-likeness (QED) is 0.814. The summed E-state index contributed by atoms with van der Waals surface area (Å²) in [6.07, 6.45) is 0.630. The molecule has 0 saturated heterocycles. The maximum atomic E-state index is 10.9. The number of benzene rings is 1. The summed E-state index contributed by atoms with van der Waals surface area (Å²) in [5.74, 6) is 0.918. The number of primary amides is 1. The van der Waals surface area contributed by atoms with E-state index in [2.05, 4.69) is 0 Å². The minimum absolute atomic E-state index is 0.212. The molecule has 2 aromatic rings. The van der Waals surface area contributed by atoms with Crippen LogP contribution >= 0.6 is 0 Å². The number of rotatable bonds is 5. The smallest absolute Gasteiger partial charge is 0.248 e. The number of aldehydes is 1. The van der Waals surface area contributed by atoms with Gasteiger partial charge in [-0.15, -0.1) is 0 Å². The third-order valence-electron chi connectivity index (χ3n) is 2.32. The Labute approximate surface area is 103 Å². The fourth-order valence-corrected chi connectivity index (χ4v) is 1.41. The first-order chi connectivity index (χ1) is 8.69. The van der Waals surface area contributed by atoms with Gasteiger partial charge in [0.2, 0.25) is 5.91 Å². The number of furan rings is 1. The van der Waals surface area contributed by atoms with E-state index >= 15 is 0 Å². The molecular formula is C13H11NO4. The average Bonchev–Trinajstić information content (AvgIpc) is 2.85. The van der Waals surface area contributed by atoms with Crippen LogP contribution in [0, 0.1) is 0 Å². The molecule has 0 aliphatic rings. The average molecular weight is 245 g/mol. The zero-order valence-electron chi connectivity index (χ0n) is 9.46. The molecule has 0 spiro atoms. The number of amides is 1. The van der Waals surface area contributed by atoms with E-state index in [1.165, 1.54) is 0 Å². The van der Waals surface area contributed by atoms with Gasteiger partial charge in [-0.05, 0) is 36.4 Å². The molecule has 5 nitrogen and oxygen atoms in total. The molecule has 2 rings (SSSR count). The molecule has 0 aliphatic heterocycles. The largest absolute Gasteiger partial charge is 0.486 e. The lowest BCUT2D eigenvalue weighted by Gasteiger charge is -2.04. The second-order valence-corrected chi connectivity index (χ2v) is 3.60. The Bertz CT molecular complexity index is 557. The minimum atomic E-state index is -0.483. The lowest BCUT2D eigenvalue weighted by molar-refractivity contribution is 0.0999. The molecule has 0 radical (unpaired) electrons. The Hall–Kier alpha value is -2.56. The second kappa shape index (κ2) is 5.18. The molecule has 2 N–H and O–H groups in total. The summed E-state index contributed by atoms with van der Waals surface area (Å²) in [4.78, 5) is 21.3. The van der Waals surface area contributed by atoms with E-state index in [9.17, 15) is 9.59 Å². The Morgan fingerprint density at radius 3 is 2.50 bits per heavy atom. The van der Waals surface area contributed by atoms with E-state index in [4.69, 9.17) is 14.9 Å².